The predicted molar refractivity (Wildman–Crippen MR) is 116 cm³/mol. The molecule has 1 aliphatic heterocycles. The molecule has 0 spiro atoms. The highest BCUT2D eigenvalue weighted by atomic mass is 32.2. The minimum atomic E-state index is -0.360. The normalized spacial score (nSPS) is 23.5. The van der Waals surface area contributed by atoms with Crippen LogP contribution < -0.4 is 0 Å². The predicted octanol–water partition coefficient (Wildman–Crippen LogP) is 5.45. The van der Waals surface area contributed by atoms with Crippen LogP contribution in [0, 0.1) is 17.0 Å². The Morgan fingerprint density at radius 3 is 2.57 bits per heavy atom. The summed E-state index contributed by atoms with van der Waals surface area (Å²) >= 11 is 1.78. The Labute approximate surface area is 171 Å². The molecule has 28 heavy (non-hydrogen) atoms. The average Bonchev–Trinajstić information content (AvgIpc) is 3.24. The molecule has 0 unspecified atom stereocenters. The molecule has 0 radical (unpaired) electrons. The molecule has 6 nitrogen and oxygen atoms in total. The molecule has 2 aliphatic rings. The number of rotatable bonds is 5. The maximum atomic E-state index is 11.0. The van der Waals surface area contributed by atoms with E-state index in [9.17, 15) is 10.1 Å². The van der Waals surface area contributed by atoms with Crippen molar-refractivity contribution in [1.82, 2.24) is 4.90 Å². The number of nitro groups is 1. The lowest BCUT2D eigenvalue weighted by Gasteiger charge is -2.37. The standard InChI is InChI=1S/C21H31N3O3S/c1-14-12-17(24(25)26)10-11-18(14)22-20-23(16-8-6-7-9-16)19(13-28-20)15(2)27-21(3,4)5/h10-12,15-16,19H,6-9,13H2,1-5H3/t15-,19-/m0/s1. The maximum absolute atomic E-state index is 11.0. The average molecular weight is 406 g/mol. The molecule has 1 aromatic rings. The van der Waals surface area contributed by atoms with E-state index in [1.54, 1.807) is 23.9 Å². The number of nitro benzene ring substituents is 1. The zero-order valence-corrected chi connectivity index (χ0v) is 18.3. The number of amidine groups is 1. The van der Waals surface area contributed by atoms with Crippen molar-refractivity contribution in [2.24, 2.45) is 4.99 Å². The van der Waals surface area contributed by atoms with Crippen molar-refractivity contribution >= 4 is 28.3 Å². The molecule has 1 saturated carbocycles. The van der Waals surface area contributed by atoms with Crippen molar-refractivity contribution < 1.29 is 9.66 Å². The van der Waals surface area contributed by atoms with Gasteiger partial charge in [-0.15, -0.1) is 0 Å². The summed E-state index contributed by atoms with van der Waals surface area (Å²) in [6.45, 7) is 10.3. The number of aliphatic imine (C=N–C) groups is 1. The second kappa shape index (κ2) is 8.41. The molecule has 0 N–H and O–H groups in total. The molecule has 0 aromatic heterocycles. The lowest BCUT2D eigenvalue weighted by Crippen LogP contribution is -2.48. The van der Waals surface area contributed by atoms with E-state index >= 15 is 0 Å². The number of aryl methyl sites for hydroxylation is 1. The molecule has 2 fully saturated rings. The summed E-state index contributed by atoms with van der Waals surface area (Å²) in [7, 11) is 0. The van der Waals surface area contributed by atoms with Crippen LogP contribution in [0.25, 0.3) is 0 Å². The third kappa shape index (κ3) is 4.87. The fourth-order valence-corrected chi connectivity index (χ4v) is 5.48. The molecule has 1 aliphatic carbocycles. The van der Waals surface area contributed by atoms with Gasteiger partial charge in [-0.2, -0.15) is 0 Å². The Bertz CT molecular complexity index is 754. The van der Waals surface area contributed by atoms with Gasteiger partial charge in [-0.25, -0.2) is 4.99 Å². The van der Waals surface area contributed by atoms with Gasteiger partial charge in [0.05, 0.1) is 28.4 Å². The van der Waals surface area contributed by atoms with Gasteiger partial charge in [0.15, 0.2) is 5.17 Å². The molecular formula is C21H31N3O3S. The molecule has 0 bridgehead atoms. The van der Waals surface area contributed by atoms with Gasteiger partial charge in [-0.3, -0.25) is 10.1 Å². The van der Waals surface area contributed by atoms with Crippen LogP contribution in [0.3, 0.4) is 0 Å². The Morgan fingerprint density at radius 1 is 1.32 bits per heavy atom. The monoisotopic (exact) mass is 405 g/mol. The van der Waals surface area contributed by atoms with Gasteiger partial charge in [0.2, 0.25) is 0 Å². The first-order valence-corrected chi connectivity index (χ1v) is 11.1. The number of non-ortho nitro benzene ring substituents is 1. The van der Waals surface area contributed by atoms with Gasteiger partial charge in [0.1, 0.15) is 0 Å². The van der Waals surface area contributed by atoms with Crippen molar-refractivity contribution in [2.75, 3.05) is 5.75 Å². The highest BCUT2D eigenvalue weighted by Gasteiger charge is 2.40. The van der Waals surface area contributed by atoms with Crippen molar-refractivity contribution in [2.45, 2.75) is 84.1 Å². The first-order valence-electron chi connectivity index (χ1n) is 10.1. The minimum absolute atomic E-state index is 0.109. The molecule has 1 saturated heterocycles. The third-order valence-corrected chi connectivity index (χ3v) is 6.44. The molecule has 2 atom stereocenters. The quantitative estimate of drug-likeness (QED) is 0.481. The number of nitrogens with zero attached hydrogens (tertiary/aromatic N) is 3. The first kappa shape index (κ1) is 21.1. The van der Waals surface area contributed by atoms with Gasteiger partial charge in [-0.05, 0) is 59.1 Å². The van der Waals surface area contributed by atoms with Crippen LogP contribution in [0.4, 0.5) is 11.4 Å². The summed E-state index contributed by atoms with van der Waals surface area (Å²) in [5.41, 5.74) is 1.57. The van der Waals surface area contributed by atoms with Crippen molar-refractivity contribution in [1.29, 1.82) is 0 Å². The lowest BCUT2D eigenvalue weighted by atomic mass is 10.1. The van der Waals surface area contributed by atoms with E-state index in [-0.39, 0.29) is 22.3 Å². The van der Waals surface area contributed by atoms with E-state index in [1.165, 1.54) is 31.7 Å². The smallest absolute Gasteiger partial charge is 0.269 e. The molecule has 7 heteroatoms. The van der Waals surface area contributed by atoms with Crippen molar-refractivity contribution in [3.05, 3.63) is 33.9 Å². The Kier molecular flexibility index (Phi) is 6.34. The second-order valence-corrected chi connectivity index (χ2v) is 9.77. The number of benzene rings is 1. The third-order valence-electron chi connectivity index (χ3n) is 5.37. The van der Waals surface area contributed by atoms with Crippen LogP contribution in [0.15, 0.2) is 23.2 Å². The summed E-state index contributed by atoms with van der Waals surface area (Å²) < 4.78 is 6.29. The van der Waals surface area contributed by atoms with Gasteiger partial charge in [-0.1, -0.05) is 24.6 Å². The Hall–Kier alpha value is -1.60. The van der Waals surface area contributed by atoms with E-state index in [4.69, 9.17) is 9.73 Å². The molecule has 154 valence electrons. The number of hydrogen-bond donors (Lipinski definition) is 0. The van der Waals surface area contributed by atoms with Gasteiger partial charge in [0.25, 0.3) is 5.69 Å². The maximum Gasteiger partial charge on any atom is 0.269 e. The Morgan fingerprint density at radius 2 is 2.00 bits per heavy atom. The van der Waals surface area contributed by atoms with E-state index < -0.39 is 0 Å². The summed E-state index contributed by atoms with van der Waals surface area (Å²) in [6, 6.07) is 5.69. The molecule has 1 heterocycles. The van der Waals surface area contributed by atoms with Gasteiger partial charge < -0.3 is 9.64 Å². The summed E-state index contributed by atoms with van der Waals surface area (Å²) in [4.78, 5) is 18.1. The van der Waals surface area contributed by atoms with Crippen LogP contribution >= 0.6 is 11.8 Å². The van der Waals surface area contributed by atoms with Gasteiger partial charge in [0, 0.05) is 23.9 Å². The van der Waals surface area contributed by atoms with Gasteiger partial charge >= 0.3 is 0 Å². The topological polar surface area (TPSA) is 68.0 Å². The SMILES string of the molecule is Cc1cc([N+](=O)[O-])ccc1N=C1SC[C@@H]([C@H](C)OC(C)(C)C)N1C1CCCC1. The summed E-state index contributed by atoms with van der Waals surface area (Å²) in [5.74, 6) is 0.957. The van der Waals surface area contributed by atoms with Crippen molar-refractivity contribution in [3.63, 3.8) is 0 Å². The van der Waals surface area contributed by atoms with E-state index in [1.807, 2.05) is 6.92 Å². The number of thioether (sulfide) groups is 1. The molecule has 0 amide bonds. The summed E-state index contributed by atoms with van der Waals surface area (Å²) in [5, 5.41) is 12.0. The zero-order valence-electron chi connectivity index (χ0n) is 17.5. The number of ether oxygens (including phenoxy) is 1. The largest absolute Gasteiger partial charge is 0.371 e. The first-order chi connectivity index (χ1) is 13.2. The van der Waals surface area contributed by atoms with Crippen LogP contribution in [0.2, 0.25) is 0 Å². The lowest BCUT2D eigenvalue weighted by molar-refractivity contribution is -0.384. The van der Waals surface area contributed by atoms with Crippen LogP contribution in [-0.2, 0) is 4.74 Å². The fraction of sp³-hybridized carbons (Fsp3) is 0.667. The zero-order chi connectivity index (χ0) is 20.5. The van der Waals surface area contributed by atoms with E-state index in [0.717, 1.165) is 22.2 Å². The second-order valence-electron chi connectivity index (χ2n) is 8.78. The van der Waals surface area contributed by atoms with E-state index in [0.29, 0.717) is 12.1 Å². The molecule has 3 rings (SSSR count). The van der Waals surface area contributed by atoms with Crippen molar-refractivity contribution in [3.8, 4) is 0 Å². The van der Waals surface area contributed by atoms with E-state index in [2.05, 4.69) is 32.6 Å². The summed E-state index contributed by atoms with van der Waals surface area (Å²) in [6.07, 6.45) is 5.02. The van der Waals surface area contributed by atoms with Crippen LogP contribution in [0.1, 0.15) is 58.9 Å². The highest BCUT2D eigenvalue weighted by Crippen LogP contribution is 2.38. The Balaban J connectivity index is 1.89. The highest BCUT2D eigenvalue weighted by molar-refractivity contribution is 8.14. The molecule has 1 aromatic carbocycles. The molecular weight excluding hydrogens is 374 g/mol. The van der Waals surface area contributed by atoms with Crippen LogP contribution in [-0.4, -0.2) is 44.5 Å². The minimum Gasteiger partial charge on any atom is -0.371 e. The fourth-order valence-electron chi connectivity index (χ4n) is 4.14. The number of hydrogen-bond acceptors (Lipinski definition) is 5. The van der Waals surface area contributed by atoms with Crippen LogP contribution in [0.5, 0.6) is 0 Å².